The predicted octanol–water partition coefficient (Wildman–Crippen LogP) is 1.11. The van der Waals surface area contributed by atoms with E-state index < -0.39 is 0 Å². The van der Waals surface area contributed by atoms with Gasteiger partial charge >= 0.3 is 0 Å². The van der Waals surface area contributed by atoms with Crippen LogP contribution in [0.4, 0.5) is 0 Å². The number of hydrogen-bond acceptors (Lipinski definition) is 1. The van der Waals surface area contributed by atoms with E-state index >= 15 is 0 Å². The fraction of sp³-hybridized carbons (Fsp3) is 0.429. The Balaban J connectivity index is 3.27. The number of hydrogen-bond donors (Lipinski definition) is 1. The molecule has 0 saturated carbocycles. The Kier molecular flexibility index (Phi) is 3.76. The lowest BCUT2D eigenvalue weighted by atomic mass is 10.2. The van der Waals surface area contributed by atoms with Gasteiger partial charge in [-0.1, -0.05) is 20.4 Å². The molecule has 0 rings (SSSR count). The van der Waals surface area contributed by atoms with Crippen molar-refractivity contribution in [1.82, 2.24) is 5.32 Å². The summed E-state index contributed by atoms with van der Waals surface area (Å²) < 4.78 is 0. The molecule has 0 heterocycles. The average molecular weight is 126 g/mol. The van der Waals surface area contributed by atoms with Crippen molar-refractivity contribution in [1.29, 1.82) is 0 Å². The second-order valence-electron chi connectivity index (χ2n) is 2.12. The Morgan fingerprint density at radius 2 is 2.22 bits per heavy atom. The average Bonchev–Trinajstić information content (AvgIpc) is 1.83. The van der Waals surface area contributed by atoms with Gasteiger partial charge in [-0.15, -0.1) is 0 Å². The molecule has 1 amide bonds. The summed E-state index contributed by atoms with van der Waals surface area (Å²) in [6.07, 6.45) is 1.25. The largest absolute Gasteiger partial charge is 0.348 e. The Hall–Kier alpha value is -0.790. The zero-order valence-electron chi connectivity index (χ0n) is 5.85. The van der Waals surface area contributed by atoms with Gasteiger partial charge in [-0.3, -0.25) is 4.79 Å². The highest BCUT2D eigenvalue weighted by atomic mass is 16.1. The van der Waals surface area contributed by atoms with E-state index in [2.05, 4.69) is 11.9 Å². The first-order valence-electron chi connectivity index (χ1n) is 2.93. The molecule has 0 aliphatic carbocycles. The van der Waals surface area contributed by atoms with Crippen LogP contribution in [-0.4, -0.2) is 5.91 Å². The molecule has 0 aromatic rings. The minimum Gasteiger partial charge on any atom is -0.348 e. The normalized spacial score (nSPS) is 9.22. The molecule has 1 radical (unpaired) electrons. The molecule has 0 bridgehead atoms. The molecule has 1 N–H and O–H groups in total. The van der Waals surface area contributed by atoms with E-state index in [4.69, 9.17) is 0 Å². The Labute approximate surface area is 56.0 Å². The molecular weight excluding hydrogens is 114 g/mol. The first-order valence-corrected chi connectivity index (χ1v) is 2.93. The molecular formula is C7H12NO. The Bertz CT molecular complexity index is 107. The van der Waals surface area contributed by atoms with Gasteiger partial charge in [0.25, 0.3) is 0 Å². The molecule has 9 heavy (non-hydrogen) atoms. The zero-order chi connectivity index (χ0) is 7.28. The van der Waals surface area contributed by atoms with Crippen LogP contribution in [0.1, 0.15) is 13.8 Å². The smallest absolute Gasteiger partial charge is 0.243 e. The lowest BCUT2D eigenvalue weighted by molar-refractivity contribution is -0.116. The Morgan fingerprint density at radius 3 is 2.56 bits per heavy atom. The van der Waals surface area contributed by atoms with Gasteiger partial charge in [-0.05, 0) is 12.0 Å². The zero-order valence-corrected chi connectivity index (χ0v) is 5.85. The van der Waals surface area contributed by atoms with E-state index in [1.165, 1.54) is 6.08 Å². The molecule has 0 aromatic carbocycles. The molecule has 0 saturated heterocycles. The van der Waals surface area contributed by atoms with E-state index in [1.807, 2.05) is 13.8 Å². The lowest BCUT2D eigenvalue weighted by Gasteiger charge is -2.02. The summed E-state index contributed by atoms with van der Waals surface area (Å²) >= 11 is 0. The van der Waals surface area contributed by atoms with E-state index in [9.17, 15) is 4.79 Å². The molecule has 0 aromatic heterocycles. The maximum atomic E-state index is 10.5. The summed E-state index contributed by atoms with van der Waals surface area (Å²) in [5.74, 6) is 0.234. The minimum absolute atomic E-state index is 0.149. The number of amides is 1. The number of rotatable bonds is 3. The first kappa shape index (κ1) is 8.21. The van der Waals surface area contributed by atoms with Crippen molar-refractivity contribution >= 4 is 5.91 Å². The number of carbonyl (C=O) groups excluding carboxylic acids is 1. The van der Waals surface area contributed by atoms with Gasteiger partial charge in [0.15, 0.2) is 0 Å². The Morgan fingerprint density at radius 1 is 1.67 bits per heavy atom. The quantitative estimate of drug-likeness (QED) is 0.564. The van der Waals surface area contributed by atoms with Crippen LogP contribution in [0.5, 0.6) is 0 Å². The molecule has 51 valence electrons. The number of carbonyl (C=O) groups is 1. The highest BCUT2D eigenvalue weighted by Crippen LogP contribution is 1.91. The van der Waals surface area contributed by atoms with Crippen molar-refractivity contribution in [2.45, 2.75) is 13.8 Å². The van der Waals surface area contributed by atoms with Gasteiger partial charge in [-0.2, -0.15) is 0 Å². The molecule has 0 fully saturated rings. The van der Waals surface area contributed by atoms with Crippen LogP contribution < -0.4 is 5.32 Å². The van der Waals surface area contributed by atoms with Crippen molar-refractivity contribution in [3.63, 3.8) is 0 Å². The van der Waals surface area contributed by atoms with Crippen molar-refractivity contribution < 1.29 is 4.79 Å². The summed E-state index contributed by atoms with van der Waals surface area (Å²) in [5.41, 5.74) is 0. The molecule has 0 aliphatic rings. The van der Waals surface area contributed by atoms with Crippen LogP contribution in [0, 0.1) is 12.5 Å². The van der Waals surface area contributed by atoms with Gasteiger partial charge in [0.1, 0.15) is 0 Å². The summed E-state index contributed by atoms with van der Waals surface area (Å²) in [4.78, 5) is 10.5. The van der Waals surface area contributed by atoms with Crippen LogP contribution in [0.3, 0.4) is 0 Å². The van der Waals surface area contributed by atoms with Crippen LogP contribution in [0.15, 0.2) is 12.7 Å². The third-order valence-corrected chi connectivity index (χ3v) is 0.744. The van der Waals surface area contributed by atoms with Crippen molar-refractivity contribution in [2.75, 3.05) is 0 Å². The maximum absolute atomic E-state index is 10.5. The summed E-state index contributed by atoms with van der Waals surface area (Å²) in [7, 11) is 0. The molecule has 2 heteroatoms. The van der Waals surface area contributed by atoms with E-state index in [0.29, 0.717) is 5.92 Å². The fourth-order valence-electron chi connectivity index (χ4n) is 0.308. The summed E-state index contributed by atoms with van der Waals surface area (Å²) in [5, 5.41) is 2.55. The molecule has 0 unspecified atom stereocenters. The summed E-state index contributed by atoms with van der Waals surface area (Å²) in [6, 6.07) is 0. The maximum Gasteiger partial charge on any atom is 0.243 e. The van der Waals surface area contributed by atoms with Crippen LogP contribution in [0.2, 0.25) is 0 Å². The molecule has 0 atom stereocenters. The fourth-order valence-corrected chi connectivity index (χ4v) is 0.308. The van der Waals surface area contributed by atoms with Gasteiger partial charge in [-0.25, -0.2) is 0 Å². The second-order valence-corrected chi connectivity index (χ2v) is 2.12. The van der Waals surface area contributed by atoms with Crippen molar-refractivity contribution in [2.24, 2.45) is 5.92 Å². The minimum atomic E-state index is -0.149. The van der Waals surface area contributed by atoms with Crippen molar-refractivity contribution in [3.05, 3.63) is 19.2 Å². The van der Waals surface area contributed by atoms with Gasteiger partial charge in [0.2, 0.25) is 5.91 Å². The predicted molar refractivity (Wildman–Crippen MR) is 37.5 cm³/mol. The van der Waals surface area contributed by atoms with E-state index in [1.54, 1.807) is 6.54 Å². The van der Waals surface area contributed by atoms with Crippen molar-refractivity contribution in [3.8, 4) is 0 Å². The highest BCUT2D eigenvalue weighted by molar-refractivity contribution is 5.87. The standard InChI is InChI=1S/C7H12NO/c1-4-7(9)8-5-6(2)3/h4-6H,1H2,2-3H3,(H,8,9). The monoisotopic (exact) mass is 126 g/mol. The van der Waals surface area contributed by atoms with Crippen LogP contribution in [0.25, 0.3) is 0 Å². The molecule has 0 aliphatic heterocycles. The SMILES string of the molecule is C=CC(=O)N[CH]C(C)C. The van der Waals surface area contributed by atoms with E-state index in [0.717, 1.165) is 0 Å². The summed E-state index contributed by atoms with van der Waals surface area (Å²) in [6.45, 7) is 9.01. The lowest BCUT2D eigenvalue weighted by Crippen LogP contribution is -2.19. The topological polar surface area (TPSA) is 29.1 Å². The third kappa shape index (κ3) is 5.07. The third-order valence-electron chi connectivity index (χ3n) is 0.744. The van der Waals surface area contributed by atoms with Crippen LogP contribution in [-0.2, 0) is 4.79 Å². The van der Waals surface area contributed by atoms with Gasteiger partial charge in [0, 0.05) is 0 Å². The van der Waals surface area contributed by atoms with Crippen LogP contribution >= 0.6 is 0 Å². The first-order chi connectivity index (χ1) is 4.16. The number of nitrogens with one attached hydrogen (secondary N) is 1. The second kappa shape index (κ2) is 4.13. The molecule has 2 nitrogen and oxygen atoms in total. The van der Waals surface area contributed by atoms with E-state index in [-0.39, 0.29) is 5.91 Å². The molecule has 0 spiro atoms. The highest BCUT2D eigenvalue weighted by Gasteiger charge is 1.95. The van der Waals surface area contributed by atoms with Gasteiger partial charge < -0.3 is 5.32 Å². The van der Waals surface area contributed by atoms with Gasteiger partial charge in [0.05, 0.1) is 6.54 Å².